The molecule has 4 rings (SSSR count). The van der Waals surface area contributed by atoms with E-state index in [2.05, 4.69) is 49.7 Å². The summed E-state index contributed by atoms with van der Waals surface area (Å²) in [5, 5.41) is 7.27. The first-order valence-electron chi connectivity index (χ1n) is 8.98. The fourth-order valence-corrected chi connectivity index (χ4v) is 4.40. The third-order valence-electron chi connectivity index (χ3n) is 4.31. The largest absolute Gasteiger partial charge is 0.459 e. The number of aryl methyl sites for hydroxylation is 1. The topological polar surface area (TPSA) is 67.2 Å². The van der Waals surface area contributed by atoms with E-state index in [0.717, 1.165) is 31.3 Å². The van der Waals surface area contributed by atoms with E-state index < -0.39 is 0 Å². The van der Waals surface area contributed by atoms with Crippen molar-refractivity contribution in [2.24, 2.45) is 0 Å². The molecule has 1 amide bonds. The Balaban J connectivity index is 1.73. The molecule has 146 valence electrons. The number of halogens is 1. The summed E-state index contributed by atoms with van der Waals surface area (Å²) in [6.07, 6.45) is 3.24. The summed E-state index contributed by atoms with van der Waals surface area (Å²) in [5.74, 6) is 0.757. The summed E-state index contributed by atoms with van der Waals surface area (Å²) in [4.78, 5) is 18.1. The Morgan fingerprint density at radius 2 is 2.03 bits per heavy atom. The van der Waals surface area contributed by atoms with Crippen LogP contribution in [0.3, 0.4) is 0 Å². The summed E-state index contributed by atoms with van der Waals surface area (Å²) >= 11 is 5.09. The van der Waals surface area contributed by atoms with Gasteiger partial charge < -0.3 is 15.1 Å². The minimum atomic E-state index is -0.274. The third kappa shape index (κ3) is 4.58. The number of nitrogens with zero attached hydrogens (tertiary/aromatic N) is 1. The van der Waals surface area contributed by atoms with E-state index in [-0.39, 0.29) is 17.7 Å². The molecule has 1 atom stereocenters. The number of pyridine rings is 1. The molecule has 1 unspecified atom stereocenters. The van der Waals surface area contributed by atoms with Gasteiger partial charge in [-0.2, -0.15) is 0 Å². The van der Waals surface area contributed by atoms with Crippen molar-refractivity contribution >= 4 is 44.0 Å². The van der Waals surface area contributed by atoms with Crippen molar-refractivity contribution in [3.63, 3.8) is 0 Å². The molecule has 0 aliphatic carbocycles. The zero-order valence-corrected chi connectivity index (χ0v) is 18.0. The minimum absolute atomic E-state index is 0.195. The standard InChI is InChI=1S/C22H18BrN3O2S/c1-14-12-17(22(29-14)26-21(27)18-8-5-11-28-18)20(15-6-4-7-16(23)13-15)25-19-9-2-3-10-24-19/h2-13,20H,1H3,(H,24,25)(H,26,27). The molecule has 29 heavy (non-hydrogen) atoms. The molecule has 2 N–H and O–H groups in total. The van der Waals surface area contributed by atoms with Crippen LogP contribution in [0.25, 0.3) is 0 Å². The smallest absolute Gasteiger partial charge is 0.291 e. The number of furan rings is 1. The van der Waals surface area contributed by atoms with Crippen molar-refractivity contribution in [2.75, 3.05) is 10.6 Å². The van der Waals surface area contributed by atoms with Crippen LogP contribution in [0, 0.1) is 6.92 Å². The number of rotatable bonds is 6. The van der Waals surface area contributed by atoms with Crippen molar-refractivity contribution in [1.29, 1.82) is 0 Å². The van der Waals surface area contributed by atoms with E-state index in [1.165, 1.54) is 17.6 Å². The number of anilines is 2. The highest BCUT2D eigenvalue weighted by atomic mass is 79.9. The number of amides is 1. The van der Waals surface area contributed by atoms with Gasteiger partial charge in [0.15, 0.2) is 5.76 Å². The van der Waals surface area contributed by atoms with Gasteiger partial charge in [-0.25, -0.2) is 4.98 Å². The number of benzene rings is 1. The predicted octanol–water partition coefficient (Wildman–Crippen LogP) is 6.26. The van der Waals surface area contributed by atoms with E-state index in [4.69, 9.17) is 4.42 Å². The Morgan fingerprint density at radius 1 is 1.14 bits per heavy atom. The molecule has 4 aromatic rings. The van der Waals surface area contributed by atoms with E-state index in [1.54, 1.807) is 18.3 Å². The Bertz CT molecular complexity index is 1110. The minimum Gasteiger partial charge on any atom is -0.459 e. The molecule has 0 saturated carbocycles. The lowest BCUT2D eigenvalue weighted by atomic mass is 10.00. The second-order valence-corrected chi connectivity index (χ2v) is 8.59. The average Bonchev–Trinajstić information content (AvgIpc) is 3.37. The van der Waals surface area contributed by atoms with Gasteiger partial charge in [0.25, 0.3) is 5.91 Å². The highest BCUT2D eigenvalue weighted by Gasteiger charge is 2.23. The lowest BCUT2D eigenvalue weighted by molar-refractivity contribution is 0.0997. The second kappa shape index (κ2) is 8.63. The lowest BCUT2D eigenvalue weighted by Crippen LogP contribution is -2.16. The normalized spacial score (nSPS) is 11.8. The number of nitrogens with one attached hydrogen (secondary N) is 2. The van der Waals surface area contributed by atoms with E-state index in [9.17, 15) is 4.79 Å². The molecule has 0 fully saturated rings. The molecule has 0 aliphatic rings. The monoisotopic (exact) mass is 467 g/mol. The third-order valence-corrected chi connectivity index (χ3v) is 5.78. The van der Waals surface area contributed by atoms with Gasteiger partial charge in [-0.1, -0.05) is 34.1 Å². The Hall–Kier alpha value is -2.90. The number of thiophene rings is 1. The summed E-state index contributed by atoms with van der Waals surface area (Å²) in [6, 6.07) is 19.1. The molecule has 3 heterocycles. The van der Waals surface area contributed by atoms with Crippen LogP contribution in [0.5, 0.6) is 0 Å². The zero-order valence-electron chi connectivity index (χ0n) is 15.6. The summed E-state index contributed by atoms with van der Waals surface area (Å²) in [5.41, 5.74) is 2.02. The SMILES string of the molecule is Cc1cc(C(Nc2ccccn2)c2cccc(Br)c2)c(NC(=O)c2ccco2)s1. The van der Waals surface area contributed by atoms with Crippen LogP contribution >= 0.6 is 27.3 Å². The van der Waals surface area contributed by atoms with Crippen LogP contribution in [-0.2, 0) is 0 Å². The quantitative estimate of drug-likeness (QED) is 0.351. The van der Waals surface area contributed by atoms with Crippen molar-refractivity contribution in [1.82, 2.24) is 4.98 Å². The maximum absolute atomic E-state index is 12.6. The molecular weight excluding hydrogens is 450 g/mol. The first kappa shape index (κ1) is 19.4. The van der Waals surface area contributed by atoms with Gasteiger partial charge in [0, 0.05) is 21.1 Å². The zero-order chi connectivity index (χ0) is 20.2. The molecule has 0 bridgehead atoms. The highest BCUT2D eigenvalue weighted by molar-refractivity contribution is 9.10. The Kier molecular flexibility index (Phi) is 5.78. The second-order valence-electron chi connectivity index (χ2n) is 6.42. The Morgan fingerprint density at radius 3 is 2.76 bits per heavy atom. The molecule has 7 heteroatoms. The van der Waals surface area contributed by atoms with Crippen molar-refractivity contribution in [2.45, 2.75) is 13.0 Å². The van der Waals surface area contributed by atoms with Crippen molar-refractivity contribution < 1.29 is 9.21 Å². The van der Waals surface area contributed by atoms with Crippen LogP contribution < -0.4 is 10.6 Å². The maximum atomic E-state index is 12.6. The van der Waals surface area contributed by atoms with E-state index in [0.29, 0.717) is 0 Å². The van der Waals surface area contributed by atoms with Crippen molar-refractivity contribution in [3.8, 4) is 0 Å². The maximum Gasteiger partial charge on any atom is 0.291 e. The van der Waals surface area contributed by atoms with Gasteiger partial charge in [0.1, 0.15) is 10.8 Å². The Labute approximate surface area is 180 Å². The first-order chi connectivity index (χ1) is 14.1. The first-order valence-corrected chi connectivity index (χ1v) is 10.6. The molecule has 0 radical (unpaired) electrons. The van der Waals surface area contributed by atoms with Crippen molar-refractivity contribution in [3.05, 3.63) is 99.4 Å². The van der Waals surface area contributed by atoms with Gasteiger partial charge >= 0.3 is 0 Å². The number of aromatic nitrogens is 1. The number of hydrogen-bond acceptors (Lipinski definition) is 5. The fourth-order valence-electron chi connectivity index (χ4n) is 3.04. The molecule has 3 aromatic heterocycles. The van der Waals surface area contributed by atoms with Crippen LogP contribution in [-0.4, -0.2) is 10.9 Å². The van der Waals surface area contributed by atoms with Gasteiger partial charge in [-0.15, -0.1) is 11.3 Å². The van der Waals surface area contributed by atoms with E-state index >= 15 is 0 Å². The molecular formula is C22H18BrN3O2S. The van der Waals surface area contributed by atoms with Crippen LogP contribution in [0.2, 0.25) is 0 Å². The van der Waals surface area contributed by atoms with Gasteiger partial charge in [0.2, 0.25) is 0 Å². The molecule has 5 nitrogen and oxygen atoms in total. The highest BCUT2D eigenvalue weighted by Crippen LogP contribution is 2.38. The molecule has 1 aromatic carbocycles. The summed E-state index contributed by atoms with van der Waals surface area (Å²) in [7, 11) is 0. The predicted molar refractivity (Wildman–Crippen MR) is 120 cm³/mol. The number of carbonyl (C=O) groups excluding carboxylic acids is 1. The lowest BCUT2D eigenvalue weighted by Gasteiger charge is -2.21. The van der Waals surface area contributed by atoms with Gasteiger partial charge in [-0.3, -0.25) is 4.79 Å². The van der Waals surface area contributed by atoms with Crippen LogP contribution in [0.4, 0.5) is 10.8 Å². The number of carbonyl (C=O) groups is 1. The van der Waals surface area contributed by atoms with Gasteiger partial charge in [-0.05, 0) is 55.0 Å². The van der Waals surface area contributed by atoms with Crippen LogP contribution in [0.15, 0.2) is 82.0 Å². The average molecular weight is 468 g/mol. The van der Waals surface area contributed by atoms with Crippen LogP contribution in [0.1, 0.15) is 32.6 Å². The number of hydrogen-bond donors (Lipinski definition) is 2. The summed E-state index contributed by atoms with van der Waals surface area (Å²) < 4.78 is 6.21. The molecule has 0 aliphatic heterocycles. The van der Waals surface area contributed by atoms with Gasteiger partial charge in [0.05, 0.1) is 12.3 Å². The summed E-state index contributed by atoms with van der Waals surface area (Å²) in [6.45, 7) is 2.02. The van der Waals surface area contributed by atoms with E-state index in [1.807, 2.05) is 37.3 Å². The molecule has 0 saturated heterocycles. The fraction of sp³-hybridized carbons (Fsp3) is 0.0909. The molecule has 0 spiro atoms.